The zero-order chi connectivity index (χ0) is 12.6. The predicted molar refractivity (Wildman–Crippen MR) is 70.8 cm³/mol. The average molecular weight is 233 g/mol. The van der Waals surface area contributed by atoms with Gasteiger partial charge in [0.2, 0.25) is 0 Å². The average Bonchev–Trinajstić information content (AvgIpc) is 2.53. The van der Waals surface area contributed by atoms with Crippen LogP contribution in [0.25, 0.3) is 0 Å². The Balaban J connectivity index is 2.26. The molecule has 1 aromatic rings. The summed E-state index contributed by atoms with van der Waals surface area (Å²) in [6.45, 7) is 8.66. The monoisotopic (exact) mass is 233 g/mol. The van der Waals surface area contributed by atoms with Crippen molar-refractivity contribution in [2.45, 2.75) is 45.9 Å². The van der Waals surface area contributed by atoms with E-state index in [-0.39, 0.29) is 12.1 Å². The Kier molecular flexibility index (Phi) is 3.55. The summed E-state index contributed by atoms with van der Waals surface area (Å²) in [5, 5.41) is 0. The van der Waals surface area contributed by atoms with Crippen LogP contribution in [0.15, 0.2) is 24.3 Å². The smallest absolute Gasteiger partial charge is 0.0600 e. The number of aryl methyl sites for hydroxylation is 1. The van der Waals surface area contributed by atoms with Crippen LogP contribution >= 0.6 is 0 Å². The van der Waals surface area contributed by atoms with Gasteiger partial charge in [0.05, 0.1) is 12.2 Å². The Hall–Kier alpha value is -0.860. The van der Waals surface area contributed by atoms with Gasteiger partial charge < -0.3 is 10.5 Å². The van der Waals surface area contributed by atoms with E-state index in [2.05, 4.69) is 52.0 Å². The second-order valence-electron chi connectivity index (χ2n) is 5.37. The van der Waals surface area contributed by atoms with Gasteiger partial charge in [-0.1, -0.05) is 31.2 Å². The van der Waals surface area contributed by atoms with E-state index in [0.29, 0.717) is 17.9 Å². The lowest BCUT2D eigenvalue weighted by Gasteiger charge is -2.27. The molecule has 2 N–H and O–H groups in total. The van der Waals surface area contributed by atoms with Crippen LogP contribution < -0.4 is 5.73 Å². The van der Waals surface area contributed by atoms with Crippen LogP contribution in [-0.2, 0) is 4.74 Å². The quantitative estimate of drug-likeness (QED) is 0.852. The third-order valence-electron chi connectivity index (χ3n) is 4.28. The summed E-state index contributed by atoms with van der Waals surface area (Å²) in [5.74, 6) is 0.922. The zero-order valence-electron chi connectivity index (χ0n) is 11.2. The Morgan fingerprint density at radius 3 is 2.29 bits per heavy atom. The van der Waals surface area contributed by atoms with Crippen LogP contribution in [0.4, 0.5) is 0 Å². The molecule has 0 aliphatic carbocycles. The van der Waals surface area contributed by atoms with Gasteiger partial charge in [-0.2, -0.15) is 0 Å². The summed E-state index contributed by atoms with van der Waals surface area (Å²) in [4.78, 5) is 0. The molecule has 0 amide bonds. The number of hydrogen-bond acceptors (Lipinski definition) is 2. The molecule has 1 aliphatic heterocycles. The highest BCUT2D eigenvalue weighted by Gasteiger charge is 2.40. The van der Waals surface area contributed by atoms with Crippen LogP contribution in [0.3, 0.4) is 0 Å². The third kappa shape index (κ3) is 2.24. The van der Waals surface area contributed by atoms with Crippen molar-refractivity contribution in [3.05, 3.63) is 35.4 Å². The van der Waals surface area contributed by atoms with Crippen molar-refractivity contribution in [1.29, 1.82) is 0 Å². The van der Waals surface area contributed by atoms with Crippen LogP contribution in [0.2, 0.25) is 0 Å². The number of nitrogens with two attached hydrogens (primary N) is 1. The van der Waals surface area contributed by atoms with Crippen LogP contribution in [-0.4, -0.2) is 12.2 Å². The molecule has 2 rings (SSSR count). The van der Waals surface area contributed by atoms with E-state index in [1.807, 2.05) is 0 Å². The van der Waals surface area contributed by atoms with E-state index >= 15 is 0 Å². The Bertz CT molecular complexity index is 390. The molecule has 94 valence electrons. The maximum absolute atomic E-state index is 6.46. The Labute approximate surface area is 104 Å². The number of hydrogen-bond donors (Lipinski definition) is 1. The fraction of sp³-hybridized carbons (Fsp3) is 0.600. The van der Waals surface area contributed by atoms with Gasteiger partial charge in [0.1, 0.15) is 0 Å². The molecule has 0 spiro atoms. The molecule has 0 radical (unpaired) electrons. The van der Waals surface area contributed by atoms with Crippen molar-refractivity contribution in [3.63, 3.8) is 0 Å². The first-order valence-corrected chi connectivity index (χ1v) is 6.49. The molecule has 17 heavy (non-hydrogen) atoms. The van der Waals surface area contributed by atoms with Gasteiger partial charge in [-0.15, -0.1) is 0 Å². The summed E-state index contributed by atoms with van der Waals surface area (Å²) in [6.07, 6.45) is 0.555. The molecule has 1 aliphatic rings. The highest BCUT2D eigenvalue weighted by atomic mass is 16.5. The Morgan fingerprint density at radius 2 is 1.76 bits per heavy atom. The van der Waals surface area contributed by atoms with Crippen LogP contribution in [0.1, 0.15) is 37.9 Å². The minimum atomic E-state index is 0.0751. The van der Waals surface area contributed by atoms with Crippen molar-refractivity contribution < 1.29 is 4.74 Å². The van der Waals surface area contributed by atoms with E-state index in [0.717, 1.165) is 0 Å². The molecular weight excluding hydrogens is 210 g/mol. The standard InChI is InChI=1S/C15H23NO/c1-9-7-5-6-8-13(9)15(16)14-10(2)11(3)17-12(14)4/h5-8,10-12,14-15H,16H2,1-4H3. The van der Waals surface area contributed by atoms with Crippen molar-refractivity contribution in [2.75, 3.05) is 0 Å². The van der Waals surface area contributed by atoms with Gasteiger partial charge in [0.15, 0.2) is 0 Å². The lowest BCUT2D eigenvalue weighted by Crippen LogP contribution is -2.31. The largest absolute Gasteiger partial charge is 0.375 e. The first kappa shape index (κ1) is 12.6. The minimum absolute atomic E-state index is 0.0751. The van der Waals surface area contributed by atoms with Crippen molar-refractivity contribution in [2.24, 2.45) is 17.6 Å². The maximum atomic E-state index is 6.46. The molecule has 0 bridgehead atoms. The summed E-state index contributed by atoms with van der Waals surface area (Å²) in [6, 6.07) is 8.47. The summed E-state index contributed by atoms with van der Waals surface area (Å²) < 4.78 is 5.89. The summed E-state index contributed by atoms with van der Waals surface area (Å²) in [5.41, 5.74) is 9.00. The van der Waals surface area contributed by atoms with Crippen molar-refractivity contribution in [3.8, 4) is 0 Å². The second-order valence-corrected chi connectivity index (χ2v) is 5.37. The lowest BCUT2D eigenvalue weighted by molar-refractivity contribution is 0.0489. The molecule has 2 heteroatoms. The van der Waals surface area contributed by atoms with E-state index in [9.17, 15) is 0 Å². The normalized spacial score (nSPS) is 34.9. The number of ether oxygens (including phenoxy) is 1. The van der Waals surface area contributed by atoms with Crippen molar-refractivity contribution >= 4 is 0 Å². The first-order valence-electron chi connectivity index (χ1n) is 6.49. The topological polar surface area (TPSA) is 35.2 Å². The summed E-state index contributed by atoms with van der Waals surface area (Å²) in [7, 11) is 0. The molecule has 0 saturated carbocycles. The molecule has 0 aromatic heterocycles. The maximum Gasteiger partial charge on any atom is 0.0600 e. The molecule has 1 aromatic carbocycles. The van der Waals surface area contributed by atoms with Crippen LogP contribution in [0.5, 0.6) is 0 Å². The molecule has 5 atom stereocenters. The van der Waals surface area contributed by atoms with Crippen molar-refractivity contribution in [1.82, 2.24) is 0 Å². The molecule has 2 nitrogen and oxygen atoms in total. The predicted octanol–water partition coefficient (Wildman–Crippen LogP) is 3.05. The fourth-order valence-corrected chi connectivity index (χ4v) is 3.08. The molecule has 5 unspecified atom stereocenters. The molecule has 1 saturated heterocycles. The molecule has 1 heterocycles. The molecular formula is C15H23NO. The SMILES string of the molecule is Cc1ccccc1C(N)C1C(C)OC(C)C1C. The van der Waals surface area contributed by atoms with Crippen LogP contribution in [0, 0.1) is 18.8 Å². The minimum Gasteiger partial charge on any atom is -0.375 e. The highest BCUT2D eigenvalue weighted by molar-refractivity contribution is 5.29. The van der Waals surface area contributed by atoms with Gasteiger partial charge in [-0.25, -0.2) is 0 Å². The number of rotatable bonds is 2. The van der Waals surface area contributed by atoms with E-state index in [1.165, 1.54) is 11.1 Å². The third-order valence-corrected chi connectivity index (χ3v) is 4.28. The lowest BCUT2D eigenvalue weighted by atomic mass is 9.80. The zero-order valence-corrected chi connectivity index (χ0v) is 11.2. The van der Waals surface area contributed by atoms with Gasteiger partial charge >= 0.3 is 0 Å². The first-order chi connectivity index (χ1) is 8.02. The van der Waals surface area contributed by atoms with Gasteiger partial charge in [-0.3, -0.25) is 0 Å². The molecule has 1 fully saturated rings. The van der Waals surface area contributed by atoms with Gasteiger partial charge in [-0.05, 0) is 37.8 Å². The van der Waals surface area contributed by atoms with E-state index in [1.54, 1.807) is 0 Å². The van der Waals surface area contributed by atoms with Gasteiger partial charge in [0, 0.05) is 12.0 Å². The van der Waals surface area contributed by atoms with E-state index in [4.69, 9.17) is 10.5 Å². The second kappa shape index (κ2) is 4.79. The summed E-state index contributed by atoms with van der Waals surface area (Å²) >= 11 is 0. The Morgan fingerprint density at radius 1 is 1.12 bits per heavy atom. The van der Waals surface area contributed by atoms with E-state index < -0.39 is 0 Å². The highest BCUT2D eigenvalue weighted by Crippen LogP contribution is 2.39. The van der Waals surface area contributed by atoms with Gasteiger partial charge in [0.25, 0.3) is 0 Å². The fourth-order valence-electron chi connectivity index (χ4n) is 3.08. The number of benzene rings is 1.